The largest absolute Gasteiger partial charge is 0.376 e. The minimum atomic E-state index is 0.0343. The first-order valence-electron chi connectivity index (χ1n) is 10.1. The number of hydrogen-bond donors (Lipinski definition) is 2. The van der Waals surface area contributed by atoms with Crippen LogP contribution in [0.1, 0.15) is 41.9 Å². The summed E-state index contributed by atoms with van der Waals surface area (Å²) in [5.41, 5.74) is 12.6. The zero-order valence-corrected chi connectivity index (χ0v) is 18.1. The molecule has 0 bridgehead atoms. The van der Waals surface area contributed by atoms with Crippen molar-refractivity contribution in [3.63, 3.8) is 0 Å². The van der Waals surface area contributed by atoms with Gasteiger partial charge < -0.3 is 16.2 Å². The van der Waals surface area contributed by atoms with Crippen molar-refractivity contribution in [2.75, 3.05) is 18.1 Å². The zero-order valence-electron chi connectivity index (χ0n) is 16.5. The molecule has 2 aliphatic rings. The van der Waals surface area contributed by atoms with Crippen molar-refractivity contribution >= 4 is 45.2 Å². The molecule has 0 unspecified atom stereocenters. The summed E-state index contributed by atoms with van der Waals surface area (Å²) in [6.07, 6.45) is 6.32. The molecule has 0 aromatic carbocycles. The van der Waals surface area contributed by atoms with Crippen molar-refractivity contribution in [2.45, 2.75) is 62.1 Å². The van der Waals surface area contributed by atoms with Crippen LogP contribution in [0.2, 0.25) is 0 Å². The molecule has 158 valence electrons. The third kappa shape index (κ3) is 3.77. The Morgan fingerprint density at radius 1 is 1.10 bits per heavy atom. The highest BCUT2D eigenvalue weighted by molar-refractivity contribution is 7.98. The molecule has 0 amide bonds. The summed E-state index contributed by atoms with van der Waals surface area (Å²) in [6, 6.07) is 0. The lowest BCUT2D eigenvalue weighted by Crippen LogP contribution is -2.29. The second kappa shape index (κ2) is 8.12. The molecule has 1 saturated heterocycles. The molecule has 1 aliphatic carbocycles. The second-order valence-electron chi connectivity index (χ2n) is 7.59. The highest BCUT2D eigenvalue weighted by Crippen LogP contribution is 2.35. The highest BCUT2D eigenvalue weighted by atomic mass is 32.2. The molecule has 1 aliphatic heterocycles. The molecule has 1 fully saturated rings. The van der Waals surface area contributed by atoms with Gasteiger partial charge >= 0.3 is 0 Å². The first-order chi connectivity index (χ1) is 14.6. The third-order valence-corrected chi connectivity index (χ3v) is 7.65. The van der Waals surface area contributed by atoms with Crippen molar-refractivity contribution in [2.24, 2.45) is 0 Å². The Balaban J connectivity index is 1.55. The molecule has 5 rings (SSSR count). The van der Waals surface area contributed by atoms with Crippen molar-refractivity contribution < 1.29 is 4.74 Å². The predicted octanol–water partition coefficient (Wildman–Crippen LogP) is 2.16. The Morgan fingerprint density at radius 2 is 1.90 bits per heavy atom. The van der Waals surface area contributed by atoms with E-state index in [1.165, 1.54) is 28.6 Å². The Hall–Kier alpha value is -2.24. The van der Waals surface area contributed by atoms with Gasteiger partial charge in [0.2, 0.25) is 11.9 Å². The van der Waals surface area contributed by atoms with Crippen LogP contribution in [0.15, 0.2) is 9.95 Å². The summed E-state index contributed by atoms with van der Waals surface area (Å²) >= 11 is 3.07. The Bertz CT molecular complexity index is 1130. The molecule has 30 heavy (non-hydrogen) atoms. The number of nitrogen functional groups attached to an aromatic ring is 2. The van der Waals surface area contributed by atoms with Gasteiger partial charge in [-0.1, -0.05) is 11.8 Å². The van der Waals surface area contributed by atoms with E-state index < -0.39 is 0 Å². The molecule has 1 atom stereocenters. The van der Waals surface area contributed by atoms with Crippen LogP contribution in [0.5, 0.6) is 0 Å². The monoisotopic (exact) mass is 445 g/mol. The summed E-state index contributed by atoms with van der Waals surface area (Å²) in [6.45, 7) is 1.25. The molecule has 9 nitrogen and oxygen atoms in total. The topological polar surface area (TPSA) is 135 Å². The molecule has 0 spiro atoms. The van der Waals surface area contributed by atoms with E-state index in [0.717, 1.165) is 48.9 Å². The summed E-state index contributed by atoms with van der Waals surface area (Å²) in [4.78, 5) is 32.7. The quantitative estimate of drug-likeness (QED) is 0.447. The van der Waals surface area contributed by atoms with Crippen molar-refractivity contribution in [1.82, 2.24) is 24.5 Å². The first-order valence-corrected chi connectivity index (χ1v) is 11.9. The van der Waals surface area contributed by atoms with E-state index in [1.54, 1.807) is 15.9 Å². The van der Waals surface area contributed by atoms with Crippen LogP contribution in [0.4, 0.5) is 11.9 Å². The molecular formula is C19H23N7O2S2. The van der Waals surface area contributed by atoms with Crippen LogP contribution < -0.4 is 17.0 Å². The van der Waals surface area contributed by atoms with E-state index in [-0.39, 0.29) is 23.6 Å². The van der Waals surface area contributed by atoms with Gasteiger partial charge in [-0.15, -0.1) is 11.3 Å². The van der Waals surface area contributed by atoms with Gasteiger partial charge in [-0.05, 0) is 44.1 Å². The number of hydrogen-bond acceptors (Lipinski definition) is 10. The van der Waals surface area contributed by atoms with Crippen LogP contribution in [0, 0.1) is 0 Å². The number of aryl methyl sites for hydroxylation is 2. The van der Waals surface area contributed by atoms with E-state index in [9.17, 15) is 4.79 Å². The van der Waals surface area contributed by atoms with E-state index in [0.29, 0.717) is 23.3 Å². The van der Waals surface area contributed by atoms with Gasteiger partial charge in [-0.25, -0.2) is 4.98 Å². The zero-order chi connectivity index (χ0) is 20.7. The number of anilines is 2. The SMILES string of the molecule is Nc1nc(N)nc(CSc2nc3sc4c(c3c(=O)n2C[C@H]2CCCO2)CCCC4)n1. The van der Waals surface area contributed by atoms with Gasteiger partial charge in [-0.3, -0.25) is 9.36 Å². The lowest BCUT2D eigenvalue weighted by atomic mass is 9.97. The van der Waals surface area contributed by atoms with Gasteiger partial charge in [0.25, 0.3) is 5.56 Å². The maximum atomic E-state index is 13.6. The van der Waals surface area contributed by atoms with Crippen molar-refractivity contribution in [3.8, 4) is 0 Å². The van der Waals surface area contributed by atoms with Gasteiger partial charge in [0.05, 0.1) is 23.8 Å². The average molecular weight is 446 g/mol. The summed E-state index contributed by atoms with van der Waals surface area (Å²) < 4.78 is 7.58. The van der Waals surface area contributed by atoms with Crippen LogP contribution in [-0.4, -0.2) is 37.2 Å². The standard InChI is InChI=1S/C19H23N7O2S2/c20-17-22-13(23-18(21)25-17)9-29-19-24-15-14(11-5-1-2-6-12(11)30-15)16(27)26(19)8-10-4-3-7-28-10/h10H,1-9H2,(H4,20,21,22,23,25)/t10-/m1/s1. The summed E-state index contributed by atoms with van der Waals surface area (Å²) in [5.74, 6) is 1.03. The van der Waals surface area contributed by atoms with Crippen LogP contribution >= 0.6 is 23.1 Å². The number of fused-ring (bicyclic) bond motifs is 3. The fraction of sp³-hybridized carbons (Fsp3) is 0.526. The number of aromatic nitrogens is 5. The number of thioether (sulfide) groups is 1. The Morgan fingerprint density at radius 3 is 2.67 bits per heavy atom. The fourth-order valence-corrected chi connectivity index (χ4v) is 6.30. The molecule has 0 saturated carbocycles. The first kappa shape index (κ1) is 19.7. The number of nitrogens with two attached hydrogens (primary N) is 2. The third-order valence-electron chi connectivity index (χ3n) is 5.50. The van der Waals surface area contributed by atoms with Gasteiger partial charge in [-0.2, -0.15) is 15.0 Å². The molecule has 4 N–H and O–H groups in total. The van der Waals surface area contributed by atoms with E-state index in [4.69, 9.17) is 21.2 Å². The number of rotatable bonds is 5. The van der Waals surface area contributed by atoms with Gasteiger partial charge in [0.1, 0.15) is 10.7 Å². The maximum Gasteiger partial charge on any atom is 0.263 e. The second-order valence-corrected chi connectivity index (χ2v) is 9.62. The minimum Gasteiger partial charge on any atom is -0.376 e. The summed E-state index contributed by atoms with van der Waals surface area (Å²) in [5, 5.41) is 1.45. The van der Waals surface area contributed by atoms with Crippen LogP contribution in [0.25, 0.3) is 10.2 Å². The molecular weight excluding hydrogens is 422 g/mol. The lowest BCUT2D eigenvalue weighted by molar-refractivity contribution is 0.0937. The molecule has 11 heteroatoms. The predicted molar refractivity (Wildman–Crippen MR) is 118 cm³/mol. The molecule has 3 aromatic heterocycles. The van der Waals surface area contributed by atoms with E-state index in [1.807, 2.05) is 0 Å². The van der Waals surface area contributed by atoms with Crippen molar-refractivity contribution in [1.29, 1.82) is 0 Å². The molecule has 0 radical (unpaired) electrons. The fourth-order valence-electron chi connectivity index (χ4n) is 4.13. The normalized spacial score (nSPS) is 18.7. The lowest BCUT2D eigenvalue weighted by Gasteiger charge is -2.16. The number of nitrogens with zero attached hydrogens (tertiary/aromatic N) is 5. The van der Waals surface area contributed by atoms with E-state index in [2.05, 4.69) is 15.0 Å². The molecule has 4 heterocycles. The van der Waals surface area contributed by atoms with Crippen LogP contribution in [0.3, 0.4) is 0 Å². The minimum absolute atomic E-state index is 0.0343. The Labute approximate surface area is 181 Å². The smallest absolute Gasteiger partial charge is 0.263 e. The van der Waals surface area contributed by atoms with Crippen LogP contribution in [-0.2, 0) is 29.9 Å². The highest BCUT2D eigenvalue weighted by Gasteiger charge is 2.25. The molecule has 3 aromatic rings. The van der Waals surface area contributed by atoms with Gasteiger partial charge in [0.15, 0.2) is 5.16 Å². The van der Waals surface area contributed by atoms with Crippen molar-refractivity contribution in [3.05, 3.63) is 26.6 Å². The Kier molecular flexibility index (Phi) is 5.34. The number of ether oxygens (including phenoxy) is 1. The number of thiophene rings is 1. The summed E-state index contributed by atoms with van der Waals surface area (Å²) in [7, 11) is 0. The van der Waals surface area contributed by atoms with E-state index >= 15 is 0 Å². The average Bonchev–Trinajstić information content (AvgIpc) is 3.35. The van der Waals surface area contributed by atoms with Gasteiger partial charge in [0, 0.05) is 11.5 Å². The maximum absolute atomic E-state index is 13.6.